The maximum atomic E-state index is 11.4. The summed E-state index contributed by atoms with van der Waals surface area (Å²) in [5.74, 6) is -0.922. The van der Waals surface area contributed by atoms with Crippen LogP contribution in [0.3, 0.4) is 0 Å². The second kappa shape index (κ2) is 4.89. The lowest BCUT2D eigenvalue weighted by molar-refractivity contribution is 0.0699. The van der Waals surface area contributed by atoms with E-state index < -0.39 is 5.97 Å². The van der Waals surface area contributed by atoms with Gasteiger partial charge in [0.25, 0.3) is 0 Å². The normalized spacial score (nSPS) is 12.0. The molecule has 0 unspecified atom stereocenters. The Morgan fingerprint density at radius 1 is 1.33 bits per heavy atom. The molecule has 4 nitrogen and oxygen atoms in total. The molecular formula is C15H14N2O2S2. The second-order valence-electron chi connectivity index (χ2n) is 5.78. The maximum Gasteiger partial charge on any atom is 0.347 e. The first kappa shape index (κ1) is 14.2. The SMILES string of the molecule is CC(C)(C)c1nc(-c2cnc3ccsc3c2)sc1C(=O)O. The van der Waals surface area contributed by atoms with Crippen LogP contribution < -0.4 is 0 Å². The highest BCUT2D eigenvalue weighted by Crippen LogP contribution is 2.35. The molecule has 108 valence electrons. The molecule has 0 aliphatic rings. The van der Waals surface area contributed by atoms with Gasteiger partial charge in [-0.3, -0.25) is 4.98 Å². The molecule has 0 amide bonds. The number of thiazole rings is 1. The summed E-state index contributed by atoms with van der Waals surface area (Å²) in [5.41, 5.74) is 2.15. The first-order valence-corrected chi connectivity index (χ1v) is 8.14. The number of hydrogen-bond donors (Lipinski definition) is 1. The van der Waals surface area contributed by atoms with Crippen molar-refractivity contribution >= 4 is 38.9 Å². The standard InChI is InChI=1S/C15H14N2O2S2/c1-15(2,3)12-11(14(18)19)21-13(17-12)8-6-10-9(16-7-8)4-5-20-10/h4-7H,1-3H3,(H,18,19). The van der Waals surface area contributed by atoms with Crippen molar-refractivity contribution in [3.63, 3.8) is 0 Å². The molecule has 0 spiro atoms. The molecule has 1 N–H and O–H groups in total. The zero-order chi connectivity index (χ0) is 15.2. The molecule has 0 radical (unpaired) electrons. The summed E-state index contributed by atoms with van der Waals surface area (Å²) < 4.78 is 1.08. The highest BCUT2D eigenvalue weighted by Gasteiger charge is 2.27. The molecule has 3 rings (SSSR count). The average Bonchev–Trinajstić information content (AvgIpc) is 3.03. The number of aromatic nitrogens is 2. The van der Waals surface area contributed by atoms with Crippen LogP contribution in [0.15, 0.2) is 23.7 Å². The molecule has 0 aromatic carbocycles. The number of carboxylic acid groups (broad SMARTS) is 1. The first-order chi connectivity index (χ1) is 9.86. The summed E-state index contributed by atoms with van der Waals surface area (Å²) >= 11 is 2.83. The van der Waals surface area contributed by atoms with Crippen LogP contribution in [0.5, 0.6) is 0 Å². The largest absolute Gasteiger partial charge is 0.477 e. The van der Waals surface area contributed by atoms with Crippen LogP contribution >= 0.6 is 22.7 Å². The van der Waals surface area contributed by atoms with Gasteiger partial charge in [0.15, 0.2) is 0 Å². The van der Waals surface area contributed by atoms with Crippen LogP contribution in [0.2, 0.25) is 0 Å². The fourth-order valence-electron chi connectivity index (χ4n) is 2.06. The number of hydrogen-bond acceptors (Lipinski definition) is 5. The Kier molecular flexibility index (Phi) is 3.30. The molecular weight excluding hydrogens is 304 g/mol. The summed E-state index contributed by atoms with van der Waals surface area (Å²) in [6.07, 6.45) is 1.76. The Morgan fingerprint density at radius 3 is 2.71 bits per heavy atom. The highest BCUT2D eigenvalue weighted by molar-refractivity contribution is 7.17. The van der Waals surface area contributed by atoms with Crippen molar-refractivity contribution in [3.8, 4) is 10.6 Å². The van der Waals surface area contributed by atoms with Gasteiger partial charge in [-0.15, -0.1) is 22.7 Å². The summed E-state index contributed by atoms with van der Waals surface area (Å²) in [7, 11) is 0. The van der Waals surface area contributed by atoms with Gasteiger partial charge >= 0.3 is 5.97 Å². The van der Waals surface area contributed by atoms with E-state index in [1.165, 1.54) is 11.3 Å². The van der Waals surface area contributed by atoms with Crippen LogP contribution in [-0.4, -0.2) is 21.0 Å². The van der Waals surface area contributed by atoms with Crippen molar-refractivity contribution < 1.29 is 9.90 Å². The fourth-order valence-corrected chi connectivity index (χ4v) is 3.94. The Bertz CT molecular complexity index is 828. The summed E-state index contributed by atoms with van der Waals surface area (Å²) in [4.78, 5) is 20.7. The Labute approximate surface area is 130 Å². The van der Waals surface area contributed by atoms with Gasteiger partial charge in [-0.2, -0.15) is 0 Å². The van der Waals surface area contributed by atoms with Gasteiger partial charge in [-0.05, 0) is 17.5 Å². The topological polar surface area (TPSA) is 63.1 Å². The summed E-state index contributed by atoms with van der Waals surface area (Å²) in [6, 6.07) is 3.98. The second-order valence-corrected chi connectivity index (χ2v) is 7.73. The van der Waals surface area contributed by atoms with Crippen molar-refractivity contribution in [2.45, 2.75) is 26.2 Å². The molecule has 0 saturated heterocycles. The number of carbonyl (C=O) groups is 1. The molecule has 0 aliphatic carbocycles. The summed E-state index contributed by atoms with van der Waals surface area (Å²) in [6.45, 7) is 5.91. The zero-order valence-electron chi connectivity index (χ0n) is 11.9. The number of fused-ring (bicyclic) bond motifs is 1. The Balaban J connectivity index is 2.16. The van der Waals surface area contributed by atoms with Gasteiger partial charge < -0.3 is 5.11 Å². The van der Waals surface area contributed by atoms with Crippen molar-refractivity contribution in [3.05, 3.63) is 34.3 Å². The lowest BCUT2D eigenvalue weighted by Crippen LogP contribution is -2.16. The Hall–Kier alpha value is -1.79. The molecule has 3 aromatic heterocycles. The predicted molar refractivity (Wildman–Crippen MR) is 86.4 cm³/mol. The maximum absolute atomic E-state index is 11.4. The van der Waals surface area contributed by atoms with Crippen molar-refractivity contribution in [2.24, 2.45) is 0 Å². The number of rotatable bonds is 2. The van der Waals surface area contributed by atoms with E-state index in [-0.39, 0.29) is 5.41 Å². The van der Waals surface area contributed by atoms with Gasteiger partial charge in [0.2, 0.25) is 0 Å². The van der Waals surface area contributed by atoms with Crippen LogP contribution in [0, 0.1) is 0 Å². The smallest absolute Gasteiger partial charge is 0.347 e. The van der Waals surface area contributed by atoms with E-state index >= 15 is 0 Å². The quantitative estimate of drug-likeness (QED) is 0.760. The van der Waals surface area contributed by atoms with Crippen LogP contribution in [0.4, 0.5) is 0 Å². The van der Waals surface area contributed by atoms with Gasteiger partial charge in [-0.1, -0.05) is 20.8 Å². The van der Waals surface area contributed by atoms with Crippen LogP contribution in [-0.2, 0) is 5.41 Å². The molecule has 0 atom stereocenters. The van der Waals surface area contributed by atoms with Crippen LogP contribution in [0.1, 0.15) is 36.1 Å². The number of carboxylic acids is 1. The molecule has 6 heteroatoms. The van der Waals surface area contributed by atoms with Crippen molar-refractivity contribution in [1.29, 1.82) is 0 Å². The van der Waals surface area contributed by atoms with Crippen molar-refractivity contribution in [2.75, 3.05) is 0 Å². The van der Waals surface area contributed by atoms with Crippen LogP contribution in [0.25, 0.3) is 20.8 Å². The minimum atomic E-state index is -0.922. The molecule has 0 aliphatic heterocycles. The van der Waals surface area contributed by atoms with Gasteiger partial charge in [-0.25, -0.2) is 9.78 Å². The number of aromatic carboxylic acids is 1. The third-order valence-corrected chi connectivity index (χ3v) is 5.03. The third-order valence-electron chi connectivity index (χ3n) is 3.08. The van der Waals surface area contributed by atoms with E-state index in [0.29, 0.717) is 15.6 Å². The van der Waals surface area contributed by atoms with Gasteiger partial charge in [0.1, 0.15) is 9.88 Å². The van der Waals surface area contributed by atoms with Gasteiger partial charge in [0, 0.05) is 17.2 Å². The molecule has 0 saturated carbocycles. The first-order valence-electron chi connectivity index (χ1n) is 6.44. The highest BCUT2D eigenvalue weighted by atomic mass is 32.1. The monoisotopic (exact) mass is 318 g/mol. The van der Waals surface area contributed by atoms with E-state index in [0.717, 1.165) is 15.8 Å². The van der Waals surface area contributed by atoms with E-state index in [9.17, 15) is 9.90 Å². The summed E-state index contributed by atoms with van der Waals surface area (Å²) in [5, 5.41) is 12.1. The average molecular weight is 318 g/mol. The lowest BCUT2D eigenvalue weighted by atomic mass is 9.91. The number of thiophene rings is 1. The molecule has 0 bridgehead atoms. The predicted octanol–water partition coefficient (Wildman–Crippen LogP) is 4.42. The lowest BCUT2D eigenvalue weighted by Gasteiger charge is -2.15. The third kappa shape index (κ3) is 2.56. The van der Waals surface area contributed by atoms with Crippen molar-refractivity contribution in [1.82, 2.24) is 9.97 Å². The fraction of sp³-hybridized carbons (Fsp3) is 0.267. The minimum absolute atomic E-state index is 0.303. The molecule has 0 fully saturated rings. The Morgan fingerprint density at radius 2 is 2.10 bits per heavy atom. The van der Waals surface area contributed by atoms with Gasteiger partial charge in [0.05, 0.1) is 15.9 Å². The van der Waals surface area contributed by atoms with E-state index in [2.05, 4.69) is 9.97 Å². The van der Waals surface area contributed by atoms with E-state index in [1.807, 2.05) is 38.3 Å². The molecule has 3 heterocycles. The number of pyridine rings is 1. The zero-order valence-corrected chi connectivity index (χ0v) is 13.5. The molecule has 21 heavy (non-hydrogen) atoms. The van der Waals surface area contributed by atoms with E-state index in [1.54, 1.807) is 17.5 Å². The number of nitrogens with zero attached hydrogens (tertiary/aromatic N) is 2. The molecule has 3 aromatic rings. The minimum Gasteiger partial charge on any atom is -0.477 e. The van der Waals surface area contributed by atoms with E-state index in [4.69, 9.17) is 0 Å².